The molecule has 1 atom stereocenters. The van der Waals surface area contributed by atoms with Crippen LogP contribution in [0.15, 0.2) is 37.4 Å². The summed E-state index contributed by atoms with van der Waals surface area (Å²) in [6.45, 7) is 12.0. The van der Waals surface area contributed by atoms with E-state index in [1.165, 1.54) is 16.7 Å². The number of hydrogen-bond donors (Lipinski definition) is 0. The van der Waals surface area contributed by atoms with Crippen LogP contribution in [0.2, 0.25) is 0 Å². The Morgan fingerprint density at radius 2 is 2.07 bits per heavy atom. The lowest BCUT2D eigenvalue weighted by atomic mass is 9.91. The van der Waals surface area contributed by atoms with Crippen LogP contribution in [-0.2, 0) is 6.42 Å². The summed E-state index contributed by atoms with van der Waals surface area (Å²) in [5.74, 6) is 0.421. The van der Waals surface area contributed by atoms with Crippen LogP contribution < -0.4 is 0 Å². The van der Waals surface area contributed by atoms with E-state index in [0.717, 1.165) is 6.42 Å². The first-order valence-corrected chi connectivity index (χ1v) is 5.11. The first-order chi connectivity index (χ1) is 6.74. The van der Waals surface area contributed by atoms with Gasteiger partial charge in [-0.05, 0) is 29.0 Å². The van der Waals surface area contributed by atoms with Gasteiger partial charge in [0.2, 0.25) is 0 Å². The Labute approximate surface area is 87.0 Å². The molecule has 0 bridgehead atoms. The van der Waals surface area contributed by atoms with Gasteiger partial charge in [-0.3, -0.25) is 0 Å². The van der Waals surface area contributed by atoms with Gasteiger partial charge in [0.15, 0.2) is 0 Å². The molecule has 0 aliphatic rings. The molecule has 0 N–H and O–H groups in total. The second-order valence-electron chi connectivity index (χ2n) is 3.50. The molecule has 0 aliphatic heterocycles. The number of rotatable bonds is 4. The zero-order chi connectivity index (χ0) is 10.6. The minimum atomic E-state index is 0.421. The molecular formula is C14H18. The predicted molar refractivity (Wildman–Crippen MR) is 64.5 cm³/mol. The average molecular weight is 186 g/mol. The lowest BCUT2D eigenvalue weighted by molar-refractivity contribution is 0.929. The van der Waals surface area contributed by atoms with Crippen molar-refractivity contribution < 1.29 is 0 Å². The molecule has 0 aliphatic carbocycles. The fraction of sp³-hybridized carbons (Fsp3) is 0.286. The highest BCUT2D eigenvalue weighted by Crippen LogP contribution is 2.24. The normalized spacial score (nSPS) is 12.1. The number of allylic oxidation sites excluding steroid dienone is 1. The van der Waals surface area contributed by atoms with Crippen LogP contribution in [0.25, 0.3) is 6.08 Å². The van der Waals surface area contributed by atoms with Gasteiger partial charge in [-0.1, -0.05) is 50.8 Å². The lowest BCUT2D eigenvalue weighted by Crippen LogP contribution is -1.98. The van der Waals surface area contributed by atoms with Crippen molar-refractivity contribution in [1.82, 2.24) is 0 Å². The first kappa shape index (κ1) is 10.8. The fourth-order valence-corrected chi connectivity index (χ4v) is 1.78. The average Bonchev–Trinajstić information content (AvgIpc) is 2.26. The third-order valence-corrected chi connectivity index (χ3v) is 2.67. The predicted octanol–water partition coefficient (Wildman–Crippen LogP) is 4.18. The Morgan fingerprint density at radius 1 is 1.36 bits per heavy atom. The number of benzene rings is 1. The van der Waals surface area contributed by atoms with Crippen LogP contribution in [0.4, 0.5) is 0 Å². The van der Waals surface area contributed by atoms with Crippen LogP contribution in [0.5, 0.6) is 0 Å². The van der Waals surface area contributed by atoms with E-state index in [4.69, 9.17) is 0 Å². The number of hydrogen-bond acceptors (Lipinski definition) is 0. The summed E-state index contributed by atoms with van der Waals surface area (Å²) >= 11 is 0. The van der Waals surface area contributed by atoms with E-state index in [0.29, 0.717) is 5.92 Å². The Morgan fingerprint density at radius 3 is 2.57 bits per heavy atom. The van der Waals surface area contributed by atoms with E-state index in [2.05, 4.69) is 45.2 Å². The summed E-state index contributed by atoms with van der Waals surface area (Å²) in [6.07, 6.45) is 4.97. The monoisotopic (exact) mass is 186 g/mol. The Kier molecular flexibility index (Phi) is 3.70. The van der Waals surface area contributed by atoms with Gasteiger partial charge in [0.05, 0.1) is 0 Å². The Balaban J connectivity index is 3.27. The van der Waals surface area contributed by atoms with Gasteiger partial charge in [-0.25, -0.2) is 0 Å². The standard InChI is InChI=1S/C14H18/c1-5-11(4)14-10-8-9-12(6-2)13(14)7-3/h5-6,8-11H,1-2,7H2,3-4H3. The fourth-order valence-electron chi connectivity index (χ4n) is 1.78. The molecule has 1 unspecified atom stereocenters. The van der Waals surface area contributed by atoms with E-state index < -0.39 is 0 Å². The van der Waals surface area contributed by atoms with Gasteiger partial charge in [0.1, 0.15) is 0 Å². The molecule has 74 valence electrons. The highest BCUT2D eigenvalue weighted by atomic mass is 14.1. The molecule has 1 aromatic rings. The molecule has 0 radical (unpaired) electrons. The summed E-state index contributed by atoms with van der Waals surface area (Å²) in [7, 11) is 0. The van der Waals surface area contributed by atoms with Crippen LogP contribution in [0, 0.1) is 0 Å². The van der Waals surface area contributed by atoms with Crippen molar-refractivity contribution in [2.75, 3.05) is 0 Å². The molecule has 1 aromatic carbocycles. The molecule has 0 amide bonds. The topological polar surface area (TPSA) is 0 Å². The van der Waals surface area contributed by atoms with E-state index >= 15 is 0 Å². The SMILES string of the molecule is C=Cc1cccc(C(C)C=C)c1CC. The van der Waals surface area contributed by atoms with Crippen LogP contribution in [-0.4, -0.2) is 0 Å². The van der Waals surface area contributed by atoms with Gasteiger partial charge in [0, 0.05) is 0 Å². The quantitative estimate of drug-likeness (QED) is 0.619. The molecule has 1 rings (SSSR count). The van der Waals surface area contributed by atoms with Crippen LogP contribution in [0.3, 0.4) is 0 Å². The van der Waals surface area contributed by atoms with Crippen molar-refractivity contribution in [3.63, 3.8) is 0 Å². The van der Waals surface area contributed by atoms with Gasteiger partial charge in [-0.15, -0.1) is 6.58 Å². The second kappa shape index (κ2) is 4.80. The first-order valence-electron chi connectivity index (χ1n) is 5.11. The van der Waals surface area contributed by atoms with Gasteiger partial charge in [-0.2, -0.15) is 0 Å². The zero-order valence-electron chi connectivity index (χ0n) is 9.09. The molecule has 0 saturated heterocycles. The smallest absolute Gasteiger partial charge is 0.00102 e. The maximum absolute atomic E-state index is 3.84. The molecule has 0 fully saturated rings. The van der Waals surface area contributed by atoms with Crippen molar-refractivity contribution in [3.05, 3.63) is 54.1 Å². The van der Waals surface area contributed by atoms with E-state index in [1.54, 1.807) is 0 Å². The second-order valence-corrected chi connectivity index (χ2v) is 3.50. The highest BCUT2D eigenvalue weighted by Gasteiger charge is 2.08. The maximum Gasteiger partial charge on any atom is -0.00102 e. The third kappa shape index (κ3) is 1.95. The summed E-state index contributed by atoms with van der Waals surface area (Å²) in [5, 5.41) is 0. The minimum Gasteiger partial charge on any atom is -0.102 e. The van der Waals surface area contributed by atoms with Crippen molar-refractivity contribution in [2.24, 2.45) is 0 Å². The molecular weight excluding hydrogens is 168 g/mol. The largest absolute Gasteiger partial charge is 0.102 e. The van der Waals surface area contributed by atoms with E-state index in [9.17, 15) is 0 Å². The van der Waals surface area contributed by atoms with Crippen LogP contribution >= 0.6 is 0 Å². The molecule has 0 spiro atoms. The molecule has 0 nitrogen and oxygen atoms in total. The van der Waals surface area contributed by atoms with E-state index in [1.807, 2.05) is 12.2 Å². The van der Waals surface area contributed by atoms with Crippen LogP contribution in [0.1, 0.15) is 36.5 Å². The maximum atomic E-state index is 3.84. The zero-order valence-corrected chi connectivity index (χ0v) is 9.09. The highest BCUT2D eigenvalue weighted by molar-refractivity contribution is 5.55. The van der Waals surface area contributed by atoms with Gasteiger partial charge >= 0.3 is 0 Å². The molecule has 0 heterocycles. The molecule has 14 heavy (non-hydrogen) atoms. The van der Waals surface area contributed by atoms with Gasteiger partial charge < -0.3 is 0 Å². The summed E-state index contributed by atoms with van der Waals surface area (Å²) in [4.78, 5) is 0. The summed E-state index contributed by atoms with van der Waals surface area (Å²) < 4.78 is 0. The molecule has 0 aromatic heterocycles. The lowest BCUT2D eigenvalue weighted by Gasteiger charge is -2.14. The molecule has 0 heteroatoms. The molecule has 0 saturated carbocycles. The van der Waals surface area contributed by atoms with Crippen molar-refractivity contribution in [3.8, 4) is 0 Å². The summed E-state index contributed by atoms with van der Waals surface area (Å²) in [6, 6.07) is 6.38. The van der Waals surface area contributed by atoms with Gasteiger partial charge in [0.25, 0.3) is 0 Å². The summed E-state index contributed by atoms with van der Waals surface area (Å²) in [5.41, 5.74) is 4.02. The Bertz CT molecular complexity index is 334. The third-order valence-electron chi connectivity index (χ3n) is 2.67. The minimum absolute atomic E-state index is 0.421. The van der Waals surface area contributed by atoms with E-state index in [-0.39, 0.29) is 0 Å². The van der Waals surface area contributed by atoms with Crippen molar-refractivity contribution in [1.29, 1.82) is 0 Å². The van der Waals surface area contributed by atoms with Crippen molar-refractivity contribution >= 4 is 6.08 Å². The Hall–Kier alpha value is -1.30. The van der Waals surface area contributed by atoms with Crippen molar-refractivity contribution in [2.45, 2.75) is 26.2 Å².